The van der Waals surface area contributed by atoms with Gasteiger partial charge in [-0.25, -0.2) is 0 Å². The molecular formula is C18H21ClN2O2. The van der Waals surface area contributed by atoms with Crippen LogP contribution in [0.1, 0.15) is 6.92 Å². The van der Waals surface area contributed by atoms with Gasteiger partial charge in [-0.2, -0.15) is 0 Å². The van der Waals surface area contributed by atoms with Crippen LogP contribution in [0.15, 0.2) is 54.6 Å². The average molecular weight is 333 g/mol. The highest BCUT2D eigenvalue weighted by atomic mass is 35.5. The number of carbonyl (C=O) groups is 1. The van der Waals surface area contributed by atoms with Crippen molar-refractivity contribution in [1.82, 2.24) is 5.32 Å². The number of anilines is 1. The highest BCUT2D eigenvalue weighted by molar-refractivity contribution is 6.30. The highest BCUT2D eigenvalue weighted by Gasteiger charge is 2.14. The normalized spacial score (nSPS) is 11.6. The Morgan fingerprint density at radius 3 is 2.48 bits per heavy atom. The number of para-hydroxylation sites is 1. The van der Waals surface area contributed by atoms with Crippen molar-refractivity contribution < 1.29 is 9.53 Å². The minimum Gasteiger partial charge on any atom is -0.481 e. The lowest BCUT2D eigenvalue weighted by Crippen LogP contribution is -2.40. The summed E-state index contributed by atoms with van der Waals surface area (Å²) in [7, 11) is 2.00. The molecule has 0 aliphatic rings. The number of rotatable bonds is 7. The van der Waals surface area contributed by atoms with E-state index in [0.717, 1.165) is 12.2 Å². The van der Waals surface area contributed by atoms with Gasteiger partial charge in [0.1, 0.15) is 5.75 Å². The minimum atomic E-state index is -0.557. The zero-order chi connectivity index (χ0) is 16.7. The van der Waals surface area contributed by atoms with Crippen LogP contribution in [-0.2, 0) is 4.79 Å². The number of ether oxygens (including phenoxy) is 1. The fourth-order valence-electron chi connectivity index (χ4n) is 2.07. The number of nitrogens with one attached hydrogen (secondary N) is 1. The summed E-state index contributed by atoms with van der Waals surface area (Å²) in [5.74, 6) is 0.486. The van der Waals surface area contributed by atoms with Crippen LogP contribution in [-0.4, -0.2) is 32.1 Å². The van der Waals surface area contributed by atoms with E-state index in [1.165, 1.54) is 0 Å². The summed E-state index contributed by atoms with van der Waals surface area (Å²) in [6.45, 7) is 3.01. The fraction of sp³-hybridized carbons (Fsp3) is 0.278. The second-order valence-electron chi connectivity index (χ2n) is 5.26. The maximum Gasteiger partial charge on any atom is 0.260 e. The summed E-state index contributed by atoms with van der Waals surface area (Å²) in [5.41, 5.74) is 1.12. The summed E-state index contributed by atoms with van der Waals surface area (Å²) in [5, 5.41) is 3.52. The van der Waals surface area contributed by atoms with E-state index in [1.54, 1.807) is 31.2 Å². The summed E-state index contributed by atoms with van der Waals surface area (Å²) in [6.07, 6.45) is -0.557. The molecule has 0 unspecified atom stereocenters. The molecule has 1 atom stereocenters. The largest absolute Gasteiger partial charge is 0.481 e. The van der Waals surface area contributed by atoms with Crippen molar-refractivity contribution in [3.05, 3.63) is 59.6 Å². The summed E-state index contributed by atoms with van der Waals surface area (Å²) < 4.78 is 5.59. The molecule has 1 N–H and O–H groups in total. The summed E-state index contributed by atoms with van der Waals surface area (Å²) in [4.78, 5) is 14.1. The van der Waals surface area contributed by atoms with Gasteiger partial charge in [0.15, 0.2) is 6.10 Å². The van der Waals surface area contributed by atoms with Crippen LogP contribution in [0.3, 0.4) is 0 Å². The SMILES string of the molecule is C[C@@H](Oc1ccc(Cl)cc1)C(=O)NCCN(C)c1ccccc1. The van der Waals surface area contributed by atoms with Crippen LogP contribution >= 0.6 is 11.6 Å². The molecule has 0 aromatic heterocycles. The quantitative estimate of drug-likeness (QED) is 0.845. The Hall–Kier alpha value is -2.20. The van der Waals surface area contributed by atoms with Gasteiger partial charge in [-0.05, 0) is 43.3 Å². The zero-order valence-corrected chi connectivity index (χ0v) is 14.1. The van der Waals surface area contributed by atoms with Crippen LogP contribution in [0.5, 0.6) is 5.75 Å². The maximum absolute atomic E-state index is 12.1. The Morgan fingerprint density at radius 2 is 1.83 bits per heavy atom. The predicted octanol–water partition coefficient (Wildman–Crippen LogP) is 3.36. The molecule has 122 valence electrons. The molecule has 0 heterocycles. The molecule has 1 amide bonds. The standard InChI is InChI=1S/C18H21ClN2O2/c1-14(23-17-10-8-15(19)9-11-17)18(22)20-12-13-21(2)16-6-4-3-5-7-16/h3-11,14H,12-13H2,1-2H3,(H,20,22)/t14-/m1/s1. The number of amides is 1. The third-order valence-electron chi connectivity index (χ3n) is 3.44. The lowest BCUT2D eigenvalue weighted by molar-refractivity contribution is -0.127. The average Bonchev–Trinajstić information content (AvgIpc) is 2.57. The number of nitrogens with zero attached hydrogens (tertiary/aromatic N) is 1. The topological polar surface area (TPSA) is 41.6 Å². The van der Waals surface area contributed by atoms with E-state index in [0.29, 0.717) is 17.3 Å². The van der Waals surface area contributed by atoms with E-state index >= 15 is 0 Å². The Labute approximate surface area is 142 Å². The molecule has 23 heavy (non-hydrogen) atoms. The Bertz CT molecular complexity index is 617. The molecule has 0 aliphatic heterocycles. The van der Waals surface area contributed by atoms with E-state index in [1.807, 2.05) is 37.4 Å². The zero-order valence-electron chi connectivity index (χ0n) is 13.3. The van der Waals surface area contributed by atoms with Gasteiger partial charge in [-0.15, -0.1) is 0 Å². The number of benzene rings is 2. The molecule has 0 radical (unpaired) electrons. The third kappa shape index (κ3) is 5.49. The Balaban J connectivity index is 1.74. The van der Waals surface area contributed by atoms with Crippen LogP contribution < -0.4 is 15.0 Å². The predicted molar refractivity (Wildman–Crippen MR) is 94.3 cm³/mol. The van der Waals surface area contributed by atoms with Gasteiger partial charge in [0.2, 0.25) is 0 Å². The first-order chi connectivity index (χ1) is 11.1. The molecule has 2 aromatic carbocycles. The monoisotopic (exact) mass is 332 g/mol. The van der Waals surface area contributed by atoms with Crippen LogP contribution in [0.2, 0.25) is 5.02 Å². The van der Waals surface area contributed by atoms with E-state index in [2.05, 4.69) is 10.2 Å². The van der Waals surface area contributed by atoms with Crippen LogP contribution in [0.4, 0.5) is 5.69 Å². The first-order valence-electron chi connectivity index (χ1n) is 7.52. The number of hydrogen-bond acceptors (Lipinski definition) is 3. The number of halogens is 1. The van der Waals surface area contributed by atoms with Gasteiger partial charge >= 0.3 is 0 Å². The molecule has 2 aromatic rings. The van der Waals surface area contributed by atoms with Crippen molar-refractivity contribution >= 4 is 23.2 Å². The minimum absolute atomic E-state index is 0.138. The van der Waals surface area contributed by atoms with E-state index in [-0.39, 0.29) is 5.91 Å². The van der Waals surface area contributed by atoms with Crippen LogP contribution in [0.25, 0.3) is 0 Å². The van der Waals surface area contributed by atoms with Gasteiger partial charge in [0.05, 0.1) is 0 Å². The van der Waals surface area contributed by atoms with Crippen molar-refractivity contribution in [2.75, 3.05) is 25.0 Å². The Kier molecular flexibility index (Phi) is 6.29. The van der Waals surface area contributed by atoms with E-state index in [9.17, 15) is 4.79 Å². The summed E-state index contributed by atoms with van der Waals surface area (Å²) >= 11 is 5.82. The van der Waals surface area contributed by atoms with Crippen molar-refractivity contribution in [1.29, 1.82) is 0 Å². The first-order valence-corrected chi connectivity index (χ1v) is 7.90. The van der Waals surface area contributed by atoms with Gasteiger partial charge in [0.25, 0.3) is 5.91 Å². The molecule has 0 saturated carbocycles. The second-order valence-corrected chi connectivity index (χ2v) is 5.70. The molecule has 0 saturated heterocycles. The molecule has 2 rings (SSSR count). The van der Waals surface area contributed by atoms with Gasteiger partial charge in [-0.3, -0.25) is 4.79 Å². The van der Waals surface area contributed by atoms with Crippen molar-refractivity contribution in [3.63, 3.8) is 0 Å². The lowest BCUT2D eigenvalue weighted by atomic mass is 10.3. The van der Waals surface area contributed by atoms with Crippen molar-refractivity contribution in [2.45, 2.75) is 13.0 Å². The van der Waals surface area contributed by atoms with Gasteiger partial charge < -0.3 is 15.0 Å². The van der Waals surface area contributed by atoms with E-state index in [4.69, 9.17) is 16.3 Å². The molecule has 0 bridgehead atoms. The molecule has 0 fully saturated rings. The molecule has 0 aliphatic carbocycles. The third-order valence-corrected chi connectivity index (χ3v) is 3.69. The summed E-state index contributed by atoms with van der Waals surface area (Å²) in [6, 6.07) is 17.0. The van der Waals surface area contributed by atoms with Crippen LogP contribution in [0, 0.1) is 0 Å². The fourth-order valence-corrected chi connectivity index (χ4v) is 2.20. The highest BCUT2D eigenvalue weighted by Crippen LogP contribution is 2.16. The smallest absolute Gasteiger partial charge is 0.260 e. The van der Waals surface area contributed by atoms with Crippen molar-refractivity contribution in [3.8, 4) is 5.75 Å². The number of hydrogen-bond donors (Lipinski definition) is 1. The lowest BCUT2D eigenvalue weighted by Gasteiger charge is -2.20. The van der Waals surface area contributed by atoms with Crippen molar-refractivity contribution in [2.24, 2.45) is 0 Å². The second kappa shape index (κ2) is 8.44. The molecule has 4 nitrogen and oxygen atoms in total. The molecule has 0 spiro atoms. The maximum atomic E-state index is 12.1. The van der Waals surface area contributed by atoms with Gasteiger partial charge in [-0.1, -0.05) is 29.8 Å². The van der Waals surface area contributed by atoms with Gasteiger partial charge in [0, 0.05) is 30.8 Å². The molecular weight excluding hydrogens is 312 g/mol. The Morgan fingerprint density at radius 1 is 1.17 bits per heavy atom. The number of carbonyl (C=O) groups excluding carboxylic acids is 1. The molecule has 5 heteroatoms. The first kappa shape index (κ1) is 17.2. The number of likely N-dealkylation sites (N-methyl/N-ethyl adjacent to an activating group) is 1. The van der Waals surface area contributed by atoms with E-state index < -0.39 is 6.10 Å².